The van der Waals surface area contributed by atoms with Crippen LogP contribution in [0.1, 0.15) is 12.0 Å². The van der Waals surface area contributed by atoms with Crippen molar-refractivity contribution >= 4 is 11.9 Å². The predicted octanol–water partition coefficient (Wildman–Crippen LogP) is 1.56. The minimum absolute atomic E-state index is 0.261. The first-order valence-electron chi connectivity index (χ1n) is 8.18. The molecule has 1 aliphatic rings. The van der Waals surface area contributed by atoms with Crippen LogP contribution in [0.4, 0.5) is 0 Å². The van der Waals surface area contributed by atoms with E-state index in [1.54, 1.807) is 0 Å². The number of rotatable bonds is 5. The van der Waals surface area contributed by atoms with Crippen LogP contribution in [0.5, 0.6) is 0 Å². The number of carbonyl (C=O) groups excluding carboxylic acids is 1. The minimum atomic E-state index is 0.261. The lowest BCUT2D eigenvalue weighted by Crippen LogP contribution is -2.36. The van der Waals surface area contributed by atoms with Gasteiger partial charge in [-0.3, -0.25) is 9.79 Å². The van der Waals surface area contributed by atoms with E-state index in [9.17, 15) is 4.79 Å². The summed E-state index contributed by atoms with van der Waals surface area (Å²) in [6.07, 6.45) is 1.54. The summed E-state index contributed by atoms with van der Waals surface area (Å²) in [5.41, 5.74) is 1.28. The Hall–Kier alpha value is -2.04. The first-order chi connectivity index (χ1) is 11.0. The average Bonchev–Trinajstić information content (AvgIpc) is 2.86. The molecule has 1 aromatic carbocycles. The summed E-state index contributed by atoms with van der Waals surface area (Å²) in [6.45, 7) is 2.33. The Morgan fingerprint density at radius 2 is 1.83 bits per heavy atom. The number of aliphatic imine (C=N–C) groups is 1. The van der Waals surface area contributed by atoms with E-state index in [0.29, 0.717) is 18.9 Å². The van der Waals surface area contributed by atoms with Crippen LogP contribution in [0.15, 0.2) is 35.3 Å². The van der Waals surface area contributed by atoms with Crippen LogP contribution in [-0.2, 0) is 11.2 Å². The highest BCUT2D eigenvalue weighted by atomic mass is 16.2. The molecule has 2 rings (SSSR count). The molecule has 0 aliphatic carbocycles. The molecule has 5 heteroatoms. The third-order valence-corrected chi connectivity index (χ3v) is 4.10. The van der Waals surface area contributed by atoms with E-state index in [1.807, 2.05) is 61.1 Å². The maximum atomic E-state index is 12.2. The highest BCUT2D eigenvalue weighted by Gasteiger charge is 2.29. The fourth-order valence-electron chi connectivity index (χ4n) is 2.99. The lowest BCUT2D eigenvalue weighted by Gasteiger charge is -2.23. The van der Waals surface area contributed by atoms with Gasteiger partial charge in [0, 0.05) is 60.2 Å². The van der Waals surface area contributed by atoms with E-state index in [-0.39, 0.29) is 5.91 Å². The maximum absolute atomic E-state index is 12.2. The number of hydrogen-bond acceptors (Lipinski definition) is 2. The molecular formula is C18H28N4O. The van der Waals surface area contributed by atoms with E-state index in [1.165, 1.54) is 5.56 Å². The van der Waals surface area contributed by atoms with Gasteiger partial charge in [0.25, 0.3) is 0 Å². The number of guanidine groups is 1. The molecule has 1 heterocycles. The van der Waals surface area contributed by atoms with Crippen LogP contribution < -0.4 is 0 Å². The van der Waals surface area contributed by atoms with Crippen molar-refractivity contribution in [1.29, 1.82) is 0 Å². The van der Waals surface area contributed by atoms with Gasteiger partial charge in [-0.05, 0) is 12.0 Å². The van der Waals surface area contributed by atoms with E-state index < -0.39 is 0 Å². The Labute approximate surface area is 139 Å². The molecule has 1 amide bonds. The second kappa shape index (κ2) is 7.99. The van der Waals surface area contributed by atoms with Crippen LogP contribution in [0.25, 0.3) is 0 Å². The summed E-state index contributed by atoms with van der Waals surface area (Å²) in [7, 11) is 7.96. The second-order valence-corrected chi connectivity index (χ2v) is 6.58. The Bertz CT molecular complexity index is 529. The van der Waals surface area contributed by atoms with Gasteiger partial charge in [-0.1, -0.05) is 30.3 Å². The van der Waals surface area contributed by atoms with Crippen molar-refractivity contribution in [3.05, 3.63) is 35.9 Å². The van der Waals surface area contributed by atoms with E-state index in [2.05, 4.69) is 17.1 Å². The van der Waals surface area contributed by atoms with E-state index >= 15 is 0 Å². The van der Waals surface area contributed by atoms with Crippen molar-refractivity contribution in [3.8, 4) is 0 Å². The van der Waals surface area contributed by atoms with Crippen molar-refractivity contribution < 1.29 is 4.79 Å². The molecule has 5 nitrogen and oxygen atoms in total. The minimum Gasteiger partial charge on any atom is -0.349 e. The molecule has 1 unspecified atom stereocenters. The molecule has 126 valence electrons. The van der Waals surface area contributed by atoms with Crippen molar-refractivity contribution in [2.45, 2.75) is 12.8 Å². The molecule has 1 saturated heterocycles. The molecule has 0 spiro atoms. The van der Waals surface area contributed by atoms with Gasteiger partial charge >= 0.3 is 0 Å². The van der Waals surface area contributed by atoms with Gasteiger partial charge in [-0.25, -0.2) is 0 Å². The lowest BCUT2D eigenvalue weighted by molar-refractivity contribution is -0.127. The lowest BCUT2D eigenvalue weighted by atomic mass is 10.1. The van der Waals surface area contributed by atoms with Gasteiger partial charge in [0.1, 0.15) is 0 Å². The number of carbonyl (C=O) groups is 1. The summed E-state index contributed by atoms with van der Waals surface area (Å²) in [4.78, 5) is 22.8. The van der Waals surface area contributed by atoms with Crippen molar-refractivity contribution in [3.63, 3.8) is 0 Å². The third kappa shape index (κ3) is 4.98. The van der Waals surface area contributed by atoms with Crippen molar-refractivity contribution in [1.82, 2.24) is 14.7 Å². The summed E-state index contributed by atoms with van der Waals surface area (Å²) >= 11 is 0. The summed E-state index contributed by atoms with van der Waals surface area (Å²) in [5.74, 6) is 1.53. The quantitative estimate of drug-likeness (QED) is 0.611. The normalized spacial score (nSPS) is 17.3. The van der Waals surface area contributed by atoms with Crippen LogP contribution in [0.2, 0.25) is 0 Å². The molecule has 0 radical (unpaired) electrons. The fraction of sp³-hybridized carbons (Fsp3) is 0.556. The number of hydrogen-bond donors (Lipinski definition) is 0. The van der Waals surface area contributed by atoms with Gasteiger partial charge in [0.2, 0.25) is 5.91 Å². The predicted molar refractivity (Wildman–Crippen MR) is 94.5 cm³/mol. The molecule has 0 saturated carbocycles. The standard InChI is InChI=1S/C18H28N4O/c1-20(2)18(21(3)4)19-13-16-12-17(23)22(14-16)11-10-15-8-6-5-7-9-15/h5-9,16H,10-14H2,1-4H3. The highest BCUT2D eigenvalue weighted by Crippen LogP contribution is 2.19. The SMILES string of the molecule is CN(C)C(=NCC1CC(=O)N(CCc2ccccc2)C1)N(C)C. The van der Waals surface area contributed by atoms with Gasteiger partial charge in [0.05, 0.1) is 0 Å². The number of nitrogens with zero attached hydrogens (tertiary/aromatic N) is 4. The first-order valence-corrected chi connectivity index (χ1v) is 8.18. The smallest absolute Gasteiger partial charge is 0.223 e. The molecule has 0 aromatic heterocycles. The fourth-order valence-corrected chi connectivity index (χ4v) is 2.99. The first kappa shape index (κ1) is 17.3. The number of benzene rings is 1. The zero-order valence-electron chi connectivity index (χ0n) is 14.7. The van der Waals surface area contributed by atoms with Gasteiger partial charge in [0.15, 0.2) is 5.96 Å². The van der Waals surface area contributed by atoms with Crippen molar-refractivity contribution in [2.24, 2.45) is 10.9 Å². The molecule has 1 aliphatic heterocycles. The Morgan fingerprint density at radius 1 is 1.17 bits per heavy atom. The molecule has 1 aromatic rings. The largest absolute Gasteiger partial charge is 0.349 e. The van der Waals surface area contributed by atoms with Gasteiger partial charge in [-0.15, -0.1) is 0 Å². The molecule has 1 atom stereocenters. The van der Waals surface area contributed by atoms with Gasteiger partial charge in [-0.2, -0.15) is 0 Å². The highest BCUT2D eigenvalue weighted by molar-refractivity contribution is 5.80. The van der Waals surface area contributed by atoms with Crippen molar-refractivity contribution in [2.75, 3.05) is 47.8 Å². The zero-order valence-corrected chi connectivity index (χ0v) is 14.7. The topological polar surface area (TPSA) is 39.2 Å². The second-order valence-electron chi connectivity index (χ2n) is 6.58. The van der Waals surface area contributed by atoms with Crippen LogP contribution in [0.3, 0.4) is 0 Å². The molecule has 23 heavy (non-hydrogen) atoms. The molecule has 1 fully saturated rings. The molecular weight excluding hydrogens is 288 g/mol. The Balaban J connectivity index is 1.86. The summed E-state index contributed by atoms with van der Waals surface area (Å²) < 4.78 is 0. The van der Waals surface area contributed by atoms with E-state index in [4.69, 9.17) is 0 Å². The Morgan fingerprint density at radius 3 is 2.43 bits per heavy atom. The maximum Gasteiger partial charge on any atom is 0.223 e. The average molecular weight is 316 g/mol. The van der Waals surface area contributed by atoms with Gasteiger partial charge < -0.3 is 14.7 Å². The van der Waals surface area contributed by atoms with Crippen LogP contribution >= 0.6 is 0 Å². The molecule has 0 bridgehead atoms. The number of likely N-dealkylation sites (tertiary alicyclic amines) is 1. The summed E-state index contributed by atoms with van der Waals surface area (Å²) in [6, 6.07) is 10.3. The zero-order chi connectivity index (χ0) is 16.8. The van der Waals surface area contributed by atoms with E-state index in [0.717, 1.165) is 25.5 Å². The number of amides is 1. The van der Waals surface area contributed by atoms with Crippen LogP contribution in [-0.4, -0.2) is 74.4 Å². The molecule has 0 N–H and O–H groups in total. The van der Waals surface area contributed by atoms with Crippen LogP contribution in [0, 0.1) is 5.92 Å². The Kier molecular flexibility index (Phi) is 6.02. The third-order valence-electron chi connectivity index (χ3n) is 4.10. The summed E-state index contributed by atoms with van der Waals surface area (Å²) in [5, 5.41) is 0. The monoisotopic (exact) mass is 316 g/mol.